The predicted octanol–water partition coefficient (Wildman–Crippen LogP) is 2.90. The SMILES string of the molecule is COc1ccc(CN(C)CC(=O)Nc2ccc(N3CCCC3=O)cc2)c(OC)c1. The Morgan fingerprint density at radius 1 is 1.14 bits per heavy atom. The first kappa shape index (κ1) is 20.7. The second-order valence-electron chi connectivity index (χ2n) is 7.09. The number of methoxy groups -OCH3 is 2. The molecule has 0 aliphatic carbocycles. The van der Waals surface area contributed by atoms with Gasteiger partial charge in [0.25, 0.3) is 0 Å². The van der Waals surface area contributed by atoms with Gasteiger partial charge >= 0.3 is 0 Å². The van der Waals surface area contributed by atoms with Gasteiger partial charge in [-0.25, -0.2) is 0 Å². The lowest BCUT2D eigenvalue weighted by Gasteiger charge is -2.19. The second kappa shape index (κ2) is 9.43. The quantitative estimate of drug-likeness (QED) is 0.742. The van der Waals surface area contributed by atoms with E-state index in [9.17, 15) is 9.59 Å². The number of ether oxygens (including phenoxy) is 2. The molecule has 1 N–H and O–H groups in total. The van der Waals surface area contributed by atoms with E-state index in [1.54, 1.807) is 19.1 Å². The summed E-state index contributed by atoms with van der Waals surface area (Å²) in [6.45, 7) is 1.56. The van der Waals surface area contributed by atoms with Crippen molar-refractivity contribution < 1.29 is 19.1 Å². The zero-order valence-corrected chi connectivity index (χ0v) is 17.1. The second-order valence-corrected chi connectivity index (χ2v) is 7.09. The van der Waals surface area contributed by atoms with E-state index in [0.29, 0.717) is 18.7 Å². The zero-order chi connectivity index (χ0) is 20.8. The number of hydrogen-bond acceptors (Lipinski definition) is 5. The molecule has 0 saturated carbocycles. The molecule has 1 aliphatic heterocycles. The van der Waals surface area contributed by atoms with Gasteiger partial charge in [-0.2, -0.15) is 0 Å². The molecule has 0 bridgehead atoms. The third kappa shape index (κ3) is 5.26. The van der Waals surface area contributed by atoms with E-state index in [0.717, 1.165) is 35.7 Å². The van der Waals surface area contributed by atoms with Crippen LogP contribution in [-0.2, 0) is 16.1 Å². The van der Waals surface area contributed by atoms with Crippen LogP contribution in [0.2, 0.25) is 0 Å². The molecule has 0 radical (unpaired) electrons. The normalized spacial score (nSPS) is 13.7. The van der Waals surface area contributed by atoms with Gasteiger partial charge in [0.15, 0.2) is 0 Å². The highest BCUT2D eigenvalue weighted by atomic mass is 16.5. The highest BCUT2D eigenvalue weighted by molar-refractivity contribution is 5.96. The lowest BCUT2D eigenvalue weighted by molar-refractivity contribution is -0.117. The Labute approximate surface area is 171 Å². The van der Waals surface area contributed by atoms with Crippen LogP contribution in [0.4, 0.5) is 11.4 Å². The van der Waals surface area contributed by atoms with Crippen molar-refractivity contribution in [3.63, 3.8) is 0 Å². The largest absolute Gasteiger partial charge is 0.497 e. The molecule has 1 fully saturated rings. The number of nitrogens with zero attached hydrogens (tertiary/aromatic N) is 2. The molecule has 7 nitrogen and oxygen atoms in total. The first-order valence-electron chi connectivity index (χ1n) is 9.60. The van der Waals surface area contributed by atoms with Crippen LogP contribution < -0.4 is 19.7 Å². The fourth-order valence-corrected chi connectivity index (χ4v) is 3.42. The third-order valence-corrected chi connectivity index (χ3v) is 4.88. The van der Waals surface area contributed by atoms with Crippen molar-refractivity contribution in [1.29, 1.82) is 0 Å². The smallest absolute Gasteiger partial charge is 0.238 e. The number of benzene rings is 2. The summed E-state index contributed by atoms with van der Waals surface area (Å²) in [5, 5.41) is 2.90. The van der Waals surface area contributed by atoms with Crippen LogP contribution >= 0.6 is 0 Å². The molecule has 1 saturated heterocycles. The third-order valence-electron chi connectivity index (χ3n) is 4.88. The molecule has 29 heavy (non-hydrogen) atoms. The maximum Gasteiger partial charge on any atom is 0.238 e. The van der Waals surface area contributed by atoms with Crippen molar-refractivity contribution in [1.82, 2.24) is 4.90 Å². The van der Waals surface area contributed by atoms with Crippen molar-refractivity contribution >= 4 is 23.2 Å². The number of carbonyl (C=O) groups excluding carboxylic acids is 2. The van der Waals surface area contributed by atoms with Crippen molar-refractivity contribution in [2.45, 2.75) is 19.4 Å². The first-order chi connectivity index (χ1) is 14.0. The molecule has 0 spiro atoms. The van der Waals surface area contributed by atoms with Gasteiger partial charge in [-0.3, -0.25) is 14.5 Å². The first-order valence-corrected chi connectivity index (χ1v) is 9.60. The molecule has 2 aromatic rings. The lowest BCUT2D eigenvalue weighted by atomic mass is 10.2. The molecule has 7 heteroatoms. The summed E-state index contributed by atoms with van der Waals surface area (Å²) < 4.78 is 10.6. The van der Waals surface area contributed by atoms with Crippen LogP contribution in [0, 0.1) is 0 Å². The number of carbonyl (C=O) groups is 2. The van der Waals surface area contributed by atoms with Gasteiger partial charge < -0.3 is 19.7 Å². The minimum atomic E-state index is -0.107. The monoisotopic (exact) mass is 397 g/mol. The van der Waals surface area contributed by atoms with E-state index >= 15 is 0 Å². The number of hydrogen-bond donors (Lipinski definition) is 1. The van der Waals surface area contributed by atoms with Crippen LogP contribution in [0.15, 0.2) is 42.5 Å². The molecule has 3 rings (SSSR count). The van der Waals surface area contributed by atoms with Gasteiger partial charge in [-0.05, 0) is 43.8 Å². The Kier molecular flexibility index (Phi) is 6.72. The minimum Gasteiger partial charge on any atom is -0.497 e. The van der Waals surface area contributed by atoms with Gasteiger partial charge in [-0.15, -0.1) is 0 Å². The van der Waals surface area contributed by atoms with Crippen LogP contribution in [0.5, 0.6) is 11.5 Å². The molecule has 0 atom stereocenters. The summed E-state index contributed by atoms with van der Waals surface area (Å²) in [6, 6.07) is 13.0. The molecule has 154 valence electrons. The Morgan fingerprint density at radius 2 is 1.90 bits per heavy atom. The molecule has 2 aromatic carbocycles. The summed E-state index contributed by atoms with van der Waals surface area (Å²) in [5.74, 6) is 1.50. The van der Waals surface area contributed by atoms with Gasteiger partial charge in [0, 0.05) is 42.5 Å². The van der Waals surface area contributed by atoms with Crippen molar-refractivity contribution in [2.75, 3.05) is 44.6 Å². The predicted molar refractivity (Wildman–Crippen MR) is 113 cm³/mol. The Bertz CT molecular complexity index is 867. The molecule has 2 amide bonds. The van der Waals surface area contributed by atoms with E-state index in [-0.39, 0.29) is 18.4 Å². The standard InChI is InChI=1S/C22H27N3O4/c1-24(14-16-6-11-19(28-2)13-20(16)29-3)15-21(26)23-17-7-9-18(10-8-17)25-12-4-5-22(25)27/h6-11,13H,4-5,12,14-15H2,1-3H3,(H,23,26). The van der Waals surface area contributed by atoms with Crippen molar-refractivity contribution in [2.24, 2.45) is 0 Å². The summed E-state index contributed by atoms with van der Waals surface area (Å²) in [6.07, 6.45) is 1.49. The van der Waals surface area contributed by atoms with Gasteiger partial charge in [0.2, 0.25) is 11.8 Å². The molecule has 1 heterocycles. The number of nitrogens with one attached hydrogen (secondary N) is 1. The van der Waals surface area contributed by atoms with E-state index in [1.165, 1.54) is 0 Å². The Hall–Kier alpha value is -3.06. The average Bonchev–Trinajstić information content (AvgIpc) is 3.14. The van der Waals surface area contributed by atoms with Gasteiger partial charge in [0.05, 0.1) is 20.8 Å². The maximum atomic E-state index is 12.4. The van der Waals surface area contributed by atoms with Crippen LogP contribution in [0.1, 0.15) is 18.4 Å². The lowest BCUT2D eigenvalue weighted by Crippen LogP contribution is -2.30. The van der Waals surface area contributed by atoms with Gasteiger partial charge in [-0.1, -0.05) is 6.07 Å². The Balaban J connectivity index is 1.54. The van der Waals surface area contributed by atoms with Crippen LogP contribution in [0.25, 0.3) is 0 Å². The maximum absolute atomic E-state index is 12.4. The summed E-state index contributed by atoms with van der Waals surface area (Å²) in [7, 11) is 5.11. The Morgan fingerprint density at radius 3 is 2.52 bits per heavy atom. The van der Waals surface area contributed by atoms with Crippen molar-refractivity contribution in [3.05, 3.63) is 48.0 Å². The highest BCUT2D eigenvalue weighted by Crippen LogP contribution is 2.26. The van der Waals surface area contributed by atoms with Crippen molar-refractivity contribution in [3.8, 4) is 11.5 Å². The van der Waals surface area contributed by atoms with E-state index in [2.05, 4.69) is 5.32 Å². The molecule has 0 unspecified atom stereocenters. The van der Waals surface area contributed by atoms with E-state index in [4.69, 9.17) is 9.47 Å². The van der Waals surface area contributed by atoms with E-state index < -0.39 is 0 Å². The van der Waals surface area contributed by atoms with E-state index in [1.807, 2.05) is 54.4 Å². The number of rotatable bonds is 8. The summed E-state index contributed by atoms with van der Waals surface area (Å²) in [5.41, 5.74) is 2.55. The zero-order valence-electron chi connectivity index (χ0n) is 17.1. The number of likely N-dealkylation sites (N-methyl/N-ethyl adjacent to an activating group) is 1. The minimum absolute atomic E-state index is 0.107. The number of anilines is 2. The summed E-state index contributed by atoms with van der Waals surface area (Å²) in [4.78, 5) is 27.9. The average molecular weight is 397 g/mol. The fourth-order valence-electron chi connectivity index (χ4n) is 3.42. The summed E-state index contributed by atoms with van der Waals surface area (Å²) >= 11 is 0. The molecule has 0 aromatic heterocycles. The van der Waals surface area contributed by atoms with Crippen LogP contribution in [0.3, 0.4) is 0 Å². The number of amides is 2. The van der Waals surface area contributed by atoms with Gasteiger partial charge in [0.1, 0.15) is 11.5 Å². The molecular weight excluding hydrogens is 370 g/mol. The highest BCUT2D eigenvalue weighted by Gasteiger charge is 2.21. The fraction of sp³-hybridized carbons (Fsp3) is 0.364. The molecule has 1 aliphatic rings. The molecular formula is C22H27N3O4. The topological polar surface area (TPSA) is 71.1 Å². The van der Waals surface area contributed by atoms with Crippen LogP contribution in [-0.4, -0.2) is 51.1 Å².